The zero-order valence-corrected chi connectivity index (χ0v) is 47.0. The summed E-state index contributed by atoms with van der Waals surface area (Å²) in [6.45, 7) is 4.89. The van der Waals surface area contributed by atoms with Gasteiger partial charge in [0, 0.05) is 12.8 Å². The van der Waals surface area contributed by atoms with Crippen LogP contribution in [-0.4, -0.2) is 87.4 Å². The van der Waals surface area contributed by atoms with E-state index in [1.807, 2.05) is 21.1 Å². The molecule has 0 aliphatic heterocycles. The van der Waals surface area contributed by atoms with Crippen molar-refractivity contribution in [2.24, 2.45) is 0 Å². The van der Waals surface area contributed by atoms with Crippen LogP contribution in [0.4, 0.5) is 0 Å². The fourth-order valence-corrected chi connectivity index (χ4v) is 8.81. The standard InChI is InChI=1S/C61H115NO8/c1-6-8-10-12-14-16-18-20-22-24-25-26-27-28-29-30-31-32-33-34-36-37-39-41-43-45-47-49-51-58(63)68-55-57(56-69-61(60(65)66)67-54-53-62(3,4)5)70-59(64)52-50-48-46-44-42-40-38-35-23-21-19-17-15-13-11-9-7-2/h15,17,21,23,57,61H,6-14,16,18-20,22,24-56H2,1-5H3/p+1/b17-15-,23-21-. The van der Waals surface area contributed by atoms with Gasteiger partial charge in [-0.25, -0.2) is 4.79 Å². The quantitative estimate of drug-likeness (QED) is 0.0211. The average Bonchev–Trinajstić information content (AvgIpc) is 3.33. The van der Waals surface area contributed by atoms with Crippen LogP contribution < -0.4 is 0 Å². The van der Waals surface area contributed by atoms with Crippen molar-refractivity contribution in [3.05, 3.63) is 24.3 Å². The number of likely N-dealkylation sites (N-methyl/N-ethyl adjacent to an activating group) is 1. The summed E-state index contributed by atoms with van der Waals surface area (Å²) in [5.41, 5.74) is 0. The normalized spacial score (nSPS) is 12.9. The van der Waals surface area contributed by atoms with Gasteiger partial charge in [-0.2, -0.15) is 0 Å². The minimum atomic E-state index is -1.51. The average molecular weight is 992 g/mol. The van der Waals surface area contributed by atoms with E-state index >= 15 is 0 Å². The highest BCUT2D eigenvalue weighted by Crippen LogP contribution is 2.18. The van der Waals surface area contributed by atoms with Crippen molar-refractivity contribution < 1.29 is 42.9 Å². The molecule has 0 aliphatic carbocycles. The van der Waals surface area contributed by atoms with Crippen molar-refractivity contribution in [3.8, 4) is 0 Å². The number of hydrogen-bond donors (Lipinski definition) is 1. The van der Waals surface area contributed by atoms with E-state index in [2.05, 4.69) is 38.2 Å². The molecule has 0 heterocycles. The van der Waals surface area contributed by atoms with Gasteiger partial charge in [0.05, 0.1) is 34.4 Å². The van der Waals surface area contributed by atoms with Gasteiger partial charge in [-0.15, -0.1) is 0 Å². The van der Waals surface area contributed by atoms with Gasteiger partial charge in [-0.05, 0) is 44.9 Å². The summed E-state index contributed by atoms with van der Waals surface area (Å²) < 4.78 is 22.9. The Morgan fingerprint density at radius 1 is 0.429 bits per heavy atom. The Balaban J connectivity index is 4.12. The molecule has 0 fully saturated rings. The van der Waals surface area contributed by atoms with Crippen LogP contribution in [0.3, 0.4) is 0 Å². The molecule has 2 unspecified atom stereocenters. The first-order valence-corrected chi connectivity index (χ1v) is 30.0. The van der Waals surface area contributed by atoms with E-state index in [1.54, 1.807) is 0 Å². The van der Waals surface area contributed by atoms with E-state index in [1.165, 1.54) is 205 Å². The lowest BCUT2D eigenvalue weighted by atomic mass is 10.0. The fourth-order valence-electron chi connectivity index (χ4n) is 8.81. The fraction of sp³-hybridized carbons (Fsp3) is 0.885. The first-order chi connectivity index (χ1) is 34.1. The van der Waals surface area contributed by atoms with Gasteiger partial charge in [-0.1, -0.05) is 256 Å². The second-order valence-corrected chi connectivity index (χ2v) is 21.7. The lowest BCUT2D eigenvalue weighted by Gasteiger charge is -2.25. The van der Waals surface area contributed by atoms with Crippen molar-refractivity contribution in [3.63, 3.8) is 0 Å². The number of carbonyl (C=O) groups is 3. The summed E-state index contributed by atoms with van der Waals surface area (Å²) in [5, 5.41) is 9.70. The van der Waals surface area contributed by atoms with Gasteiger partial charge in [0.1, 0.15) is 13.2 Å². The smallest absolute Gasteiger partial charge is 0.361 e. The minimum Gasteiger partial charge on any atom is -0.477 e. The zero-order chi connectivity index (χ0) is 51.3. The van der Waals surface area contributed by atoms with Crippen LogP contribution in [0.25, 0.3) is 0 Å². The predicted molar refractivity (Wildman–Crippen MR) is 295 cm³/mol. The van der Waals surface area contributed by atoms with Crippen molar-refractivity contribution >= 4 is 17.9 Å². The van der Waals surface area contributed by atoms with Crippen LogP contribution in [0.15, 0.2) is 24.3 Å². The number of ether oxygens (including phenoxy) is 4. The molecule has 2 atom stereocenters. The Labute approximate surface area is 433 Å². The number of esters is 2. The van der Waals surface area contributed by atoms with Crippen LogP contribution in [0.5, 0.6) is 0 Å². The van der Waals surface area contributed by atoms with Gasteiger partial charge in [0.25, 0.3) is 6.29 Å². The molecule has 0 aromatic rings. The molecular formula is C61H116NO8+. The number of nitrogens with zero attached hydrogens (tertiary/aromatic N) is 1. The molecular weight excluding hydrogens is 875 g/mol. The molecule has 70 heavy (non-hydrogen) atoms. The molecule has 0 aromatic carbocycles. The van der Waals surface area contributed by atoms with Gasteiger partial charge >= 0.3 is 17.9 Å². The Kier molecular flexibility index (Phi) is 51.4. The first kappa shape index (κ1) is 67.8. The third-order valence-electron chi connectivity index (χ3n) is 13.5. The topological polar surface area (TPSA) is 108 Å². The number of hydrogen-bond acceptors (Lipinski definition) is 7. The number of carboxylic acids is 1. The molecule has 0 aliphatic rings. The molecule has 0 spiro atoms. The summed E-state index contributed by atoms with van der Waals surface area (Å²) in [6.07, 6.45) is 59.8. The molecule has 0 saturated carbocycles. The van der Waals surface area contributed by atoms with Crippen LogP contribution in [0.1, 0.15) is 290 Å². The number of carbonyl (C=O) groups excluding carboxylic acids is 2. The summed E-state index contributed by atoms with van der Waals surface area (Å²) in [4.78, 5) is 37.4. The summed E-state index contributed by atoms with van der Waals surface area (Å²) >= 11 is 0. The van der Waals surface area contributed by atoms with Gasteiger partial charge in [-0.3, -0.25) is 9.59 Å². The molecule has 0 rings (SSSR count). The maximum atomic E-state index is 12.8. The van der Waals surface area contributed by atoms with Crippen molar-refractivity contribution in [1.82, 2.24) is 0 Å². The molecule has 0 saturated heterocycles. The van der Waals surface area contributed by atoms with Crippen molar-refractivity contribution in [1.29, 1.82) is 0 Å². The zero-order valence-electron chi connectivity index (χ0n) is 47.0. The Bertz CT molecular complexity index is 1200. The van der Waals surface area contributed by atoms with Crippen molar-refractivity contribution in [2.45, 2.75) is 302 Å². The molecule has 9 heteroatoms. The highest BCUT2D eigenvalue weighted by Gasteiger charge is 2.25. The lowest BCUT2D eigenvalue weighted by Crippen LogP contribution is -2.40. The van der Waals surface area contributed by atoms with Gasteiger partial charge in [0.2, 0.25) is 0 Å². The largest absolute Gasteiger partial charge is 0.477 e. The number of allylic oxidation sites excluding steroid dienone is 4. The maximum Gasteiger partial charge on any atom is 0.361 e. The Morgan fingerprint density at radius 3 is 1.16 bits per heavy atom. The summed E-state index contributed by atoms with van der Waals surface area (Å²) in [6, 6.07) is 0. The number of carboxylic acid groups (broad SMARTS) is 1. The molecule has 1 N–H and O–H groups in total. The van der Waals surface area contributed by atoms with Crippen molar-refractivity contribution in [2.75, 3.05) is 47.5 Å². The van der Waals surface area contributed by atoms with E-state index in [0.717, 1.165) is 51.4 Å². The van der Waals surface area contributed by atoms with E-state index < -0.39 is 24.3 Å². The predicted octanol–water partition coefficient (Wildman–Crippen LogP) is 17.5. The van der Waals surface area contributed by atoms with Crippen LogP contribution in [0, 0.1) is 0 Å². The van der Waals surface area contributed by atoms with E-state index in [9.17, 15) is 19.5 Å². The van der Waals surface area contributed by atoms with E-state index in [0.29, 0.717) is 23.9 Å². The van der Waals surface area contributed by atoms with E-state index in [-0.39, 0.29) is 32.2 Å². The number of aliphatic carboxylic acids is 1. The molecule has 412 valence electrons. The SMILES string of the molecule is CCCCC/C=C\C/C=C\CCCCCCCCCC(=O)OC(COC(=O)CCCCCCCCCCCCCCCCCCCCCCCCCCCCCC)COC(OCC[N+](C)(C)C)C(=O)O. The number of quaternary nitrogens is 1. The van der Waals surface area contributed by atoms with Crippen LogP contribution in [-0.2, 0) is 33.3 Å². The lowest BCUT2D eigenvalue weighted by molar-refractivity contribution is -0.870. The van der Waals surface area contributed by atoms with E-state index in [4.69, 9.17) is 18.9 Å². The molecule has 0 bridgehead atoms. The third kappa shape index (κ3) is 53.6. The Morgan fingerprint density at radius 2 is 0.771 bits per heavy atom. The second kappa shape index (κ2) is 53.1. The summed E-state index contributed by atoms with van der Waals surface area (Å²) in [7, 11) is 5.97. The molecule has 0 amide bonds. The highest BCUT2D eigenvalue weighted by atomic mass is 16.7. The minimum absolute atomic E-state index is 0.180. The monoisotopic (exact) mass is 991 g/mol. The van der Waals surface area contributed by atoms with Gasteiger partial charge < -0.3 is 28.5 Å². The van der Waals surface area contributed by atoms with Gasteiger partial charge in [0.15, 0.2) is 6.10 Å². The first-order valence-electron chi connectivity index (χ1n) is 30.0. The summed E-state index contributed by atoms with van der Waals surface area (Å²) in [5.74, 6) is -2.00. The number of unbranched alkanes of at least 4 members (excludes halogenated alkanes) is 37. The molecule has 9 nitrogen and oxygen atoms in total. The Hall–Kier alpha value is -2.23. The molecule has 0 aromatic heterocycles. The molecule has 0 radical (unpaired) electrons. The third-order valence-corrected chi connectivity index (χ3v) is 13.5. The van der Waals surface area contributed by atoms with Crippen LogP contribution in [0.2, 0.25) is 0 Å². The number of rotatable bonds is 56. The van der Waals surface area contributed by atoms with Crippen LogP contribution >= 0.6 is 0 Å². The highest BCUT2D eigenvalue weighted by molar-refractivity contribution is 5.71. The maximum absolute atomic E-state index is 12.8. The second-order valence-electron chi connectivity index (χ2n) is 21.7.